The number of aliphatic hydroxyl groups is 3. The third-order valence-corrected chi connectivity index (χ3v) is 9.96. The minimum atomic E-state index is -1.43. The molecule has 2 unspecified atom stereocenters. The van der Waals surface area contributed by atoms with Crippen molar-refractivity contribution < 1.29 is 43.9 Å². The molecule has 12 atom stereocenters. The molecule has 0 aromatic rings. The lowest BCUT2D eigenvalue weighted by Gasteiger charge is -2.68. The molecule has 4 fully saturated rings. The zero-order valence-corrected chi connectivity index (χ0v) is 20.2. The highest BCUT2D eigenvalue weighted by atomic mass is 16.6. The molecule has 9 nitrogen and oxygen atoms in total. The second-order valence-corrected chi connectivity index (χ2v) is 11.4. The predicted octanol–water partition coefficient (Wildman–Crippen LogP) is 0.529. The molecule has 34 heavy (non-hydrogen) atoms. The van der Waals surface area contributed by atoms with Crippen molar-refractivity contribution in [2.24, 2.45) is 34.5 Å². The number of carbonyl (C=O) groups excluding carboxylic acids is 3. The first kappa shape index (κ1) is 23.9. The number of rotatable bonds is 3. The molecule has 5 aliphatic rings. The zero-order valence-electron chi connectivity index (χ0n) is 20.2. The first-order chi connectivity index (χ1) is 15.8. The van der Waals surface area contributed by atoms with E-state index in [1.165, 1.54) is 6.08 Å². The Kier molecular flexibility index (Phi) is 5.17. The van der Waals surface area contributed by atoms with Gasteiger partial charge in [-0.2, -0.15) is 0 Å². The van der Waals surface area contributed by atoms with E-state index in [0.717, 1.165) is 5.57 Å². The van der Waals surface area contributed by atoms with E-state index in [2.05, 4.69) is 0 Å². The fourth-order valence-electron chi connectivity index (χ4n) is 8.09. The third-order valence-electron chi connectivity index (χ3n) is 9.96. The summed E-state index contributed by atoms with van der Waals surface area (Å²) in [5, 5.41) is 34.0. The first-order valence-corrected chi connectivity index (χ1v) is 12.2. The number of hydrogen-bond donors (Lipinski definition) is 3. The van der Waals surface area contributed by atoms with Gasteiger partial charge in [0.25, 0.3) is 0 Å². The van der Waals surface area contributed by atoms with Crippen LogP contribution < -0.4 is 0 Å². The Hall–Kier alpha value is -1.81. The summed E-state index contributed by atoms with van der Waals surface area (Å²) < 4.78 is 17.8. The van der Waals surface area contributed by atoms with Gasteiger partial charge in [-0.25, -0.2) is 4.79 Å². The van der Waals surface area contributed by atoms with Crippen molar-refractivity contribution in [2.75, 3.05) is 6.61 Å². The Morgan fingerprint density at radius 2 is 1.91 bits per heavy atom. The Morgan fingerprint density at radius 3 is 2.56 bits per heavy atom. The Labute approximate surface area is 198 Å². The molecule has 5 rings (SSSR count). The zero-order chi connectivity index (χ0) is 25.0. The van der Waals surface area contributed by atoms with Crippen LogP contribution in [0, 0.1) is 34.5 Å². The molecule has 2 heterocycles. The summed E-state index contributed by atoms with van der Waals surface area (Å²) in [6.07, 6.45) is -3.95. The maximum Gasteiger partial charge on any atom is 0.348 e. The largest absolute Gasteiger partial charge is 0.459 e. The summed E-state index contributed by atoms with van der Waals surface area (Å²) in [5.74, 6) is -4.16. The van der Waals surface area contributed by atoms with Crippen LogP contribution in [0.2, 0.25) is 0 Å². The average Bonchev–Trinajstić information content (AvgIpc) is 3.06. The van der Waals surface area contributed by atoms with Gasteiger partial charge in [-0.1, -0.05) is 26.3 Å². The SMILES string of the molecule is CCC(C)C(=O)O[C@H]1C(=O)O[C@@H]2C[C@H]3C(C)=CC(=O)[C@@H](O)[C@]3(C)[C@H]3[C@@H](O)[C@H](O)C4(C)OC[C@]32[C@@H]14. The maximum absolute atomic E-state index is 13.3. The van der Waals surface area contributed by atoms with Crippen LogP contribution in [0.4, 0.5) is 0 Å². The van der Waals surface area contributed by atoms with E-state index >= 15 is 0 Å². The molecule has 1 spiro atoms. The van der Waals surface area contributed by atoms with E-state index < -0.39 is 82.4 Å². The van der Waals surface area contributed by atoms with E-state index in [1.54, 1.807) is 27.7 Å². The lowest BCUT2D eigenvalue weighted by atomic mass is 9.38. The van der Waals surface area contributed by atoms with Gasteiger partial charge in [0.05, 0.1) is 24.5 Å². The monoisotopic (exact) mass is 478 g/mol. The minimum absolute atomic E-state index is 0.0360. The van der Waals surface area contributed by atoms with Crippen molar-refractivity contribution in [3.8, 4) is 0 Å². The second-order valence-electron chi connectivity index (χ2n) is 11.4. The summed E-state index contributed by atoms with van der Waals surface area (Å²) >= 11 is 0. The molecule has 0 aromatic heterocycles. The number of ketones is 1. The fraction of sp³-hybridized carbons (Fsp3) is 0.800. The van der Waals surface area contributed by atoms with Crippen molar-refractivity contribution in [1.82, 2.24) is 0 Å². The molecule has 0 amide bonds. The average molecular weight is 479 g/mol. The predicted molar refractivity (Wildman–Crippen MR) is 116 cm³/mol. The van der Waals surface area contributed by atoms with Gasteiger partial charge in [0.2, 0.25) is 6.10 Å². The van der Waals surface area contributed by atoms with Gasteiger partial charge in [-0.15, -0.1) is 0 Å². The molecule has 2 aliphatic heterocycles. The topological polar surface area (TPSA) is 140 Å². The molecule has 2 bridgehead atoms. The van der Waals surface area contributed by atoms with Crippen LogP contribution in [0.25, 0.3) is 0 Å². The highest BCUT2D eigenvalue weighted by Crippen LogP contribution is 2.72. The summed E-state index contributed by atoms with van der Waals surface area (Å²) in [5.41, 5.74) is -2.84. The number of allylic oxidation sites excluding steroid dienone is 1. The van der Waals surface area contributed by atoms with Crippen LogP contribution >= 0.6 is 0 Å². The first-order valence-electron chi connectivity index (χ1n) is 12.2. The molecule has 0 radical (unpaired) electrons. The van der Waals surface area contributed by atoms with Crippen molar-refractivity contribution in [1.29, 1.82) is 0 Å². The number of aliphatic hydroxyl groups excluding tert-OH is 3. The van der Waals surface area contributed by atoms with Gasteiger partial charge in [0.1, 0.15) is 23.9 Å². The highest BCUT2D eigenvalue weighted by molar-refractivity contribution is 5.96. The Balaban J connectivity index is 1.69. The molecule has 3 aliphatic carbocycles. The van der Waals surface area contributed by atoms with E-state index in [1.807, 2.05) is 6.92 Å². The molecule has 3 N–H and O–H groups in total. The number of fused-ring (bicyclic) bond motifs is 2. The molecule has 2 saturated heterocycles. The van der Waals surface area contributed by atoms with E-state index in [4.69, 9.17) is 14.2 Å². The van der Waals surface area contributed by atoms with Crippen LogP contribution in [-0.2, 0) is 28.6 Å². The molecule has 9 heteroatoms. The van der Waals surface area contributed by atoms with Crippen LogP contribution in [0.15, 0.2) is 11.6 Å². The van der Waals surface area contributed by atoms with E-state index in [-0.39, 0.29) is 12.5 Å². The van der Waals surface area contributed by atoms with E-state index in [9.17, 15) is 29.7 Å². The van der Waals surface area contributed by atoms with E-state index in [0.29, 0.717) is 12.8 Å². The van der Waals surface area contributed by atoms with Gasteiger partial charge in [0.15, 0.2) is 5.78 Å². The molecular weight excluding hydrogens is 444 g/mol. The smallest absolute Gasteiger partial charge is 0.348 e. The van der Waals surface area contributed by atoms with Gasteiger partial charge in [0, 0.05) is 16.7 Å². The Morgan fingerprint density at radius 1 is 1.24 bits per heavy atom. The van der Waals surface area contributed by atoms with Crippen LogP contribution in [0.5, 0.6) is 0 Å². The van der Waals surface area contributed by atoms with Gasteiger partial charge in [-0.05, 0) is 38.7 Å². The second kappa shape index (κ2) is 7.35. The van der Waals surface area contributed by atoms with Crippen LogP contribution in [0.3, 0.4) is 0 Å². The highest BCUT2D eigenvalue weighted by Gasteiger charge is 2.82. The lowest BCUT2D eigenvalue weighted by Crippen LogP contribution is -2.78. The summed E-state index contributed by atoms with van der Waals surface area (Å²) in [7, 11) is 0. The summed E-state index contributed by atoms with van der Waals surface area (Å²) in [6.45, 7) is 8.76. The third kappa shape index (κ3) is 2.61. The van der Waals surface area contributed by atoms with Gasteiger partial charge < -0.3 is 29.5 Å². The number of hydrogen-bond acceptors (Lipinski definition) is 9. The van der Waals surface area contributed by atoms with Crippen molar-refractivity contribution in [3.05, 3.63) is 11.6 Å². The molecule has 0 aromatic carbocycles. The van der Waals surface area contributed by atoms with Crippen molar-refractivity contribution >= 4 is 17.7 Å². The standard InChI is InChI=1S/C25H34O9/c1-6-10(2)21(30)34-16-18-24(5)20(29)15(27)17-23(4)12(11(3)7-13(26)19(23)28)8-14(33-22(16)31)25(17,18)9-32-24/h7,10,12,14-20,27-29H,6,8-9H2,1-5H3/t10?,12-,14+,15+,16+,17+,18-,19+,20-,23-,24?,25+/m0/s1. The fourth-order valence-corrected chi connectivity index (χ4v) is 8.09. The summed E-state index contributed by atoms with van der Waals surface area (Å²) in [4.78, 5) is 38.8. The maximum atomic E-state index is 13.3. The number of ether oxygens (including phenoxy) is 3. The Bertz CT molecular complexity index is 975. The van der Waals surface area contributed by atoms with Crippen molar-refractivity contribution in [3.63, 3.8) is 0 Å². The van der Waals surface area contributed by atoms with Gasteiger partial charge in [-0.3, -0.25) is 9.59 Å². The molecule has 188 valence electrons. The summed E-state index contributed by atoms with van der Waals surface area (Å²) in [6, 6.07) is 0. The lowest BCUT2D eigenvalue weighted by molar-refractivity contribution is -0.297. The van der Waals surface area contributed by atoms with Crippen LogP contribution in [0.1, 0.15) is 47.5 Å². The number of carbonyl (C=O) groups is 3. The quantitative estimate of drug-likeness (QED) is 0.496. The molecule has 2 saturated carbocycles. The van der Waals surface area contributed by atoms with Gasteiger partial charge >= 0.3 is 11.9 Å². The molecular formula is C25H34O9. The number of esters is 2. The minimum Gasteiger partial charge on any atom is -0.459 e. The van der Waals surface area contributed by atoms with Crippen LogP contribution in [-0.4, -0.2) is 75.8 Å². The van der Waals surface area contributed by atoms with Crippen molar-refractivity contribution in [2.45, 2.75) is 83.6 Å². The normalized spacial score (nSPS) is 52.2.